The Labute approximate surface area is 169 Å². The molecule has 8 heteroatoms. The molecule has 0 radical (unpaired) electrons. The van der Waals surface area contributed by atoms with Gasteiger partial charge in [0.15, 0.2) is 5.16 Å². The Morgan fingerprint density at radius 3 is 2.57 bits per heavy atom. The first-order chi connectivity index (χ1) is 13.1. The van der Waals surface area contributed by atoms with Crippen molar-refractivity contribution in [3.05, 3.63) is 30.1 Å². The molecule has 1 fully saturated rings. The monoisotopic (exact) mass is 401 g/mol. The Hall–Kier alpha value is -2.35. The van der Waals surface area contributed by atoms with Gasteiger partial charge in [0, 0.05) is 24.1 Å². The van der Waals surface area contributed by atoms with Crippen LogP contribution in [0.25, 0.3) is 5.69 Å². The summed E-state index contributed by atoms with van der Waals surface area (Å²) >= 11 is 1.39. The van der Waals surface area contributed by atoms with Crippen LogP contribution in [0.3, 0.4) is 0 Å². The van der Waals surface area contributed by atoms with Crippen molar-refractivity contribution in [1.29, 1.82) is 0 Å². The number of aromatic nitrogens is 3. The molecule has 1 aliphatic carbocycles. The molecule has 2 N–H and O–H groups in total. The minimum atomic E-state index is -0.312. The molecule has 1 unspecified atom stereocenters. The summed E-state index contributed by atoms with van der Waals surface area (Å²) in [6.07, 6.45) is 2.18. The van der Waals surface area contributed by atoms with Gasteiger partial charge in [-0.25, -0.2) is 0 Å². The summed E-state index contributed by atoms with van der Waals surface area (Å²) < 4.78 is 2.01. The second-order valence-electron chi connectivity index (χ2n) is 8.18. The molecule has 7 nitrogen and oxygen atoms in total. The van der Waals surface area contributed by atoms with Crippen molar-refractivity contribution >= 4 is 29.3 Å². The fourth-order valence-corrected chi connectivity index (χ4v) is 3.69. The number of thioether (sulfide) groups is 1. The van der Waals surface area contributed by atoms with Crippen molar-refractivity contribution in [2.45, 2.75) is 69.3 Å². The number of nitrogens with one attached hydrogen (secondary N) is 2. The van der Waals surface area contributed by atoms with Crippen molar-refractivity contribution in [2.24, 2.45) is 0 Å². The van der Waals surface area contributed by atoms with E-state index in [4.69, 9.17) is 0 Å². The molecule has 150 valence electrons. The van der Waals surface area contributed by atoms with E-state index in [1.165, 1.54) is 18.7 Å². The van der Waals surface area contributed by atoms with Gasteiger partial charge in [-0.05, 0) is 58.7 Å². The summed E-state index contributed by atoms with van der Waals surface area (Å²) in [5, 5.41) is 15.0. The molecule has 0 saturated heterocycles. The van der Waals surface area contributed by atoms with Crippen LogP contribution in [0, 0.1) is 0 Å². The van der Waals surface area contributed by atoms with Crippen LogP contribution in [0.1, 0.15) is 59.2 Å². The van der Waals surface area contributed by atoms with E-state index >= 15 is 0 Å². The van der Waals surface area contributed by atoms with Gasteiger partial charge < -0.3 is 10.6 Å². The number of hydrogen-bond acceptors (Lipinski definition) is 5. The molecule has 1 atom stereocenters. The smallest absolute Gasteiger partial charge is 0.233 e. The van der Waals surface area contributed by atoms with Crippen molar-refractivity contribution in [3.63, 3.8) is 0 Å². The first kappa shape index (κ1) is 20.4. The van der Waals surface area contributed by atoms with Crippen molar-refractivity contribution in [1.82, 2.24) is 20.1 Å². The number of carbonyl (C=O) groups is 2. The maximum absolute atomic E-state index is 12.5. The summed E-state index contributed by atoms with van der Waals surface area (Å²) in [4.78, 5) is 23.9. The van der Waals surface area contributed by atoms with Crippen molar-refractivity contribution in [3.8, 4) is 5.69 Å². The number of rotatable bonds is 6. The lowest BCUT2D eigenvalue weighted by molar-refractivity contribution is -0.121. The lowest BCUT2D eigenvalue weighted by Crippen LogP contribution is -2.44. The van der Waals surface area contributed by atoms with Crippen LogP contribution in [-0.4, -0.2) is 37.4 Å². The average Bonchev–Trinajstić information content (AvgIpc) is 3.34. The molecule has 2 amide bonds. The highest BCUT2D eigenvalue weighted by molar-refractivity contribution is 8.00. The third-order valence-electron chi connectivity index (χ3n) is 4.18. The summed E-state index contributed by atoms with van der Waals surface area (Å²) in [5.41, 5.74) is 1.31. The number of anilines is 1. The predicted molar refractivity (Wildman–Crippen MR) is 111 cm³/mol. The van der Waals surface area contributed by atoms with E-state index in [1.807, 2.05) is 56.5 Å². The molecule has 1 heterocycles. The fourth-order valence-electron chi connectivity index (χ4n) is 2.82. The number of amides is 2. The molecule has 3 rings (SSSR count). The van der Waals surface area contributed by atoms with Crippen molar-refractivity contribution in [2.75, 3.05) is 5.32 Å². The topological polar surface area (TPSA) is 88.9 Å². The van der Waals surface area contributed by atoms with Gasteiger partial charge in [-0.3, -0.25) is 14.2 Å². The minimum absolute atomic E-state index is 0.0352. The van der Waals surface area contributed by atoms with Crippen molar-refractivity contribution < 1.29 is 9.59 Å². The predicted octanol–water partition coefficient (Wildman–Crippen LogP) is 3.50. The largest absolute Gasteiger partial charge is 0.351 e. The van der Waals surface area contributed by atoms with Crippen LogP contribution in [0.15, 0.2) is 29.4 Å². The number of nitrogens with zero attached hydrogens (tertiary/aromatic N) is 3. The Morgan fingerprint density at radius 2 is 1.96 bits per heavy atom. The van der Waals surface area contributed by atoms with Gasteiger partial charge >= 0.3 is 0 Å². The fraction of sp³-hybridized carbons (Fsp3) is 0.500. The van der Waals surface area contributed by atoms with Gasteiger partial charge in [-0.1, -0.05) is 17.8 Å². The van der Waals surface area contributed by atoms with Crippen LogP contribution in [0.5, 0.6) is 0 Å². The van der Waals surface area contributed by atoms with Crippen LogP contribution in [-0.2, 0) is 9.59 Å². The van der Waals surface area contributed by atoms with Crippen LogP contribution in [0.4, 0.5) is 5.69 Å². The maximum Gasteiger partial charge on any atom is 0.233 e. The van der Waals surface area contributed by atoms with E-state index in [0.717, 1.165) is 30.0 Å². The van der Waals surface area contributed by atoms with E-state index in [9.17, 15) is 9.59 Å². The van der Waals surface area contributed by atoms with E-state index in [-0.39, 0.29) is 22.6 Å². The Kier molecular flexibility index (Phi) is 5.79. The summed E-state index contributed by atoms with van der Waals surface area (Å²) in [5.74, 6) is 1.15. The Bertz CT molecular complexity index is 883. The molecule has 28 heavy (non-hydrogen) atoms. The van der Waals surface area contributed by atoms with Crippen LogP contribution >= 0.6 is 11.8 Å². The normalized spacial score (nSPS) is 15.2. The zero-order valence-electron chi connectivity index (χ0n) is 16.9. The lowest BCUT2D eigenvalue weighted by atomic mass is 10.1. The van der Waals surface area contributed by atoms with Crippen LogP contribution in [0.2, 0.25) is 0 Å². The quantitative estimate of drug-likeness (QED) is 0.723. The molecule has 2 aromatic rings. The highest BCUT2D eigenvalue weighted by atomic mass is 32.2. The first-order valence-corrected chi connectivity index (χ1v) is 10.3. The SMILES string of the molecule is CC(=O)Nc1cccc(-n2c(SC(C)C(=O)NC(C)(C)C)nnc2C2CC2)c1. The molecule has 1 saturated carbocycles. The second kappa shape index (κ2) is 7.95. The van der Waals surface area contributed by atoms with Crippen LogP contribution < -0.4 is 10.6 Å². The lowest BCUT2D eigenvalue weighted by Gasteiger charge is -2.23. The number of benzene rings is 1. The number of carbonyl (C=O) groups excluding carboxylic acids is 2. The summed E-state index contributed by atoms with van der Waals surface area (Å²) in [7, 11) is 0. The maximum atomic E-state index is 12.5. The third-order valence-corrected chi connectivity index (χ3v) is 5.22. The molecule has 0 aliphatic heterocycles. The van der Waals surface area contributed by atoms with E-state index in [0.29, 0.717) is 11.1 Å². The molecule has 1 aromatic heterocycles. The molecule has 0 bridgehead atoms. The summed E-state index contributed by atoms with van der Waals surface area (Å²) in [6.45, 7) is 9.24. The molecule has 0 spiro atoms. The van der Waals surface area contributed by atoms with E-state index < -0.39 is 0 Å². The molecule has 1 aromatic carbocycles. The summed E-state index contributed by atoms with van der Waals surface area (Å²) in [6, 6.07) is 7.60. The third kappa shape index (κ3) is 5.13. The van der Waals surface area contributed by atoms with E-state index in [1.54, 1.807) is 0 Å². The molecular weight excluding hydrogens is 374 g/mol. The van der Waals surface area contributed by atoms with Gasteiger partial charge in [0.2, 0.25) is 11.8 Å². The first-order valence-electron chi connectivity index (χ1n) is 9.46. The number of hydrogen-bond donors (Lipinski definition) is 2. The molecule has 1 aliphatic rings. The minimum Gasteiger partial charge on any atom is -0.351 e. The van der Waals surface area contributed by atoms with Gasteiger partial charge in [0.25, 0.3) is 0 Å². The van der Waals surface area contributed by atoms with Gasteiger partial charge in [-0.15, -0.1) is 10.2 Å². The van der Waals surface area contributed by atoms with Gasteiger partial charge in [0.05, 0.1) is 10.9 Å². The zero-order valence-corrected chi connectivity index (χ0v) is 17.8. The van der Waals surface area contributed by atoms with Gasteiger partial charge in [0.1, 0.15) is 5.82 Å². The average molecular weight is 402 g/mol. The second-order valence-corrected chi connectivity index (χ2v) is 9.49. The molecular formula is C20H27N5O2S. The Morgan fingerprint density at radius 1 is 1.25 bits per heavy atom. The van der Waals surface area contributed by atoms with E-state index in [2.05, 4.69) is 20.8 Å². The highest BCUT2D eigenvalue weighted by Gasteiger charge is 2.32. The zero-order chi connectivity index (χ0) is 20.5. The standard InChI is InChI=1S/C20H27N5O2S/c1-12(18(27)22-20(3,4)5)28-19-24-23-17(14-9-10-14)25(19)16-8-6-7-15(11-16)21-13(2)26/h6-8,11-12,14H,9-10H2,1-5H3,(H,21,26)(H,22,27). The highest BCUT2D eigenvalue weighted by Crippen LogP contribution is 2.41. The van der Waals surface area contributed by atoms with Gasteiger partial charge in [-0.2, -0.15) is 0 Å². The Balaban J connectivity index is 1.90.